The number of carbonyl (C=O) groups excluding carboxylic acids is 1. The van der Waals surface area contributed by atoms with Crippen LogP contribution in [-0.2, 0) is 0 Å². The minimum atomic E-state index is -0.655. The molecule has 2 heterocycles. The van der Waals surface area contributed by atoms with Gasteiger partial charge in [0.2, 0.25) is 0 Å². The molecule has 0 spiro atoms. The molecule has 2 aromatic carbocycles. The number of amides is 1. The van der Waals surface area contributed by atoms with Crippen LogP contribution in [0.15, 0.2) is 65.6 Å². The van der Waals surface area contributed by atoms with E-state index in [0.29, 0.717) is 33.1 Å². The molecule has 4 rings (SSSR count). The second kappa shape index (κ2) is 8.37. The van der Waals surface area contributed by atoms with Crippen LogP contribution in [0.2, 0.25) is 10.2 Å². The zero-order valence-electron chi connectivity index (χ0n) is 16.3. The van der Waals surface area contributed by atoms with Crippen LogP contribution in [0.3, 0.4) is 0 Å². The van der Waals surface area contributed by atoms with E-state index in [1.807, 2.05) is 25.1 Å². The first-order valence-corrected chi connectivity index (χ1v) is 10.1. The van der Waals surface area contributed by atoms with Gasteiger partial charge in [-0.2, -0.15) is 0 Å². The first-order chi connectivity index (χ1) is 14.9. The van der Waals surface area contributed by atoms with E-state index >= 15 is 0 Å². The van der Waals surface area contributed by atoms with Crippen LogP contribution in [0.1, 0.15) is 29.1 Å². The molecule has 0 saturated carbocycles. The number of benzene rings is 2. The smallest absolute Gasteiger partial charge is 0.267 e. The van der Waals surface area contributed by atoms with Gasteiger partial charge in [-0.1, -0.05) is 47.5 Å². The van der Waals surface area contributed by atoms with Gasteiger partial charge in [0.15, 0.2) is 0 Å². The van der Waals surface area contributed by atoms with Crippen LogP contribution in [-0.4, -0.2) is 20.4 Å². The number of para-hydroxylation sites is 1. The number of nitrogens with two attached hydrogens (primary N) is 1. The van der Waals surface area contributed by atoms with Crippen molar-refractivity contribution in [3.8, 4) is 5.69 Å². The van der Waals surface area contributed by atoms with Gasteiger partial charge in [0.05, 0.1) is 38.9 Å². The molecule has 1 amide bonds. The molecule has 1 atom stereocenters. The lowest BCUT2D eigenvalue weighted by Gasteiger charge is -2.21. The molecular weight excluding hydrogens is 437 g/mol. The summed E-state index contributed by atoms with van der Waals surface area (Å²) in [4.78, 5) is 33.9. The highest BCUT2D eigenvalue weighted by molar-refractivity contribution is 6.35. The van der Waals surface area contributed by atoms with E-state index in [4.69, 9.17) is 33.9 Å². The molecule has 0 aliphatic carbocycles. The first-order valence-electron chi connectivity index (χ1n) is 9.35. The average molecular weight is 454 g/mol. The maximum atomic E-state index is 13.5. The highest BCUT2D eigenvalue weighted by atomic mass is 35.5. The third kappa shape index (κ3) is 3.97. The van der Waals surface area contributed by atoms with Crippen molar-refractivity contribution in [2.24, 2.45) is 5.73 Å². The summed E-state index contributed by atoms with van der Waals surface area (Å²) in [6, 6.07) is 15.2. The lowest BCUT2D eigenvalue weighted by Crippen LogP contribution is -2.28. The molecule has 0 radical (unpaired) electrons. The van der Waals surface area contributed by atoms with Crippen molar-refractivity contribution in [3.63, 3.8) is 0 Å². The Morgan fingerprint density at radius 3 is 2.58 bits per heavy atom. The number of halogens is 2. The number of rotatable bonds is 5. The Labute approximate surface area is 187 Å². The van der Waals surface area contributed by atoms with Gasteiger partial charge < -0.3 is 11.1 Å². The molecule has 2 aromatic heterocycles. The van der Waals surface area contributed by atoms with Crippen LogP contribution in [0.5, 0.6) is 0 Å². The number of pyridine rings is 1. The lowest BCUT2D eigenvalue weighted by molar-refractivity contribution is 0.100. The monoisotopic (exact) mass is 453 g/mol. The maximum absolute atomic E-state index is 13.5. The predicted octanol–water partition coefficient (Wildman–Crippen LogP) is 4.36. The van der Waals surface area contributed by atoms with E-state index in [9.17, 15) is 9.59 Å². The van der Waals surface area contributed by atoms with Crippen molar-refractivity contribution < 1.29 is 4.79 Å². The summed E-state index contributed by atoms with van der Waals surface area (Å²) in [5.74, 6) is -0.230. The van der Waals surface area contributed by atoms with E-state index in [-0.39, 0.29) is 16.3 Å². The fourth-order valence-electron chi connectivity index (χ4n) is 3.37. The molecule has 3 N–H and O–H groups in total. The van der Waals surface area contributed by atoms with Gasteiger partial charge in [-0.05, 0) is 37.3 Å². The summed E-state index contributed by atoms with van der Waals surface area (Å²) in [6.45, 7) is 1.82. The third-order valence-corrected chi connectivity index (χ3v) is 5.30. The predicted molar refractivity (Wildman–Crippen MR) is 122 cm³/mol. The second-order valence-corrected chi connectivity index (χ2v) is 7.66. The van der Waals surface area contributed by atoms with Gasteiger partial charge in [0.1, 0.15) is 11.0 Å². The standard InChI is InChI=1S/C22H17Cl2N5O2/c1-12(27-17-10-18(24)26-11-14(17)20(25)30)21-28-16-9-5-8-15(23)19(16)22(31)29(21)13-6-3-2-4-7-13/h2-12H,1H3,(H2,25,30)(H,26,27). The van der Waals surface area contributed by atoms with Crippen molar-refractivity contribution in [3.05, 3.63) is 92.7 Å². The highest BCUT2D eigenvalue weighted by Crippen LogP contribution is 2.26. The summed E-state index contributed by atoms with van der Waals surface area (Å²) in [7, 11) is 0. The molecule has 1 unspecified atom stereocenters. The van der Waals surface area contributed by atoms with Gasteiger partial charge >= 0.3 is 0 Å². The topological polar surface area (TPSA) is 103 Å². The van der Waals surface area contributed by atoms with E-state index in [2.05, 4.69) is 10.3 Å². The average Bonchev–Trinajstić information content (AvgIpc) is 2.74. The molecule has 7 nitrogen and oxygen atoms in total. The number of anilines is 1. The maximum Gasteiger partial charge on any atom is 0.267 e. The van der Waals surface area contributed by atoms with Gasteiger partial charge in [0.25, 0.3) is 11.5 Å². The van der Waals surface area contributed by atoms with Crippen molar-refractivity contribution in [2.75, 3.05) is 5.32 Å². The number of hydrogen-bond donors (Lipinski definition) is 2. The van der Waals surface area contributed by atoms with E-state index < -0.39 is 11.9 Å². The fraction of sp³-hybridized carbons (Fsp3) is 0.0909. The Morgan fingerprint density at radius 2 is 1.87 bits per heavy atom. The van der Waals surface area contributed by atoms with Crippen LogP contribution in [0, 0.1) is 0 Å². The Kier molecular flexibility index (Phi) is 5.63. The molecule has 9 heteroatoms. The van der Waals surface area contributed by atoms with Gasteiger partial charge in [-0.15, -0.1) is 0 Å². The Balaban J connectivity index is 1.92. The zero-order chi connectivity index (χ0) is 22.1. The van der Waals surface area contributed by atoms with E-state index in [0.717, 1.165) is 0 Å². The molecule has 0 fully saturated rings. The normalized spacial score (nSPS) is 12.0. The van der Waals surface area contributed by atoms with E-state index in [1.165, 1.54) is 16.8 Å². The zero-order valence-corrected chi connectivity index (χ0v) is 17.9. The molecule has 4 aromatic rings. The molecule has 31 heavy (non-hydrogen) atoms. The van der Waals surface area contributed by atoms with Crippen LogP contribution in [0.4, 0.5) is 5.69 Å². The molecular formula is C22H17Cl2N5O2. The number of fused-ring (bicyclic) bond motifs is 1. The lowest BCUT2D eigenvalue weighted by atomic mass is 10.1. The Morgan fingerprint density at radius 1 is 1.13 bits per heavy atom. The van der Waals surface area contributed by atoms with E-state index in [1.54, 1.807) is 30.3 Å². The molecule has 0 bridgehead atoms. The minimum Gasteiger partial charge on any atom is -0.375 e. The number of nitrogens with one attached hydrogen (secondary N) is 1. The SMILES string of the molecule is CC(Nc1cc(Cl)ncc1C(N)=O)c1nc2cccc(Cl)c2c(=O)n1-c1ccccc1. The quantitative estimate of drug-likeness (QED) is 0.437. The summed E-state index contributed by atoms with van der Waals surface area (Å²) in [5.41, 5.74) is 6.83. The molecule has 0 aliphatic heterocycles. The summed E-state index contributed by atoms with van der Waals surface area (Å²) in [5, 5.41) is 4.03. The van der Waals surface area contributed by atoms with Gasteiger partial charge in [-0.25, -0.2) is 9.97 Å². The number of primary amides is 1. The number of aromatic nitrogens is 3. The third-order valence-electron chi connectivity index (χ3n) is 4.78. The van der Waals surface area contributed by atoms with Gasteiger partial charge in [0, 0.05) is 6.20 Å². The molecule has 156 valence electrons. The molecule has 0 saturated heterocycles. The first kappa shape index (κ1) is 20.8. The Bertz CT molecular complexity index is 1360. The van der Waals surface area contributed by atoms with Crippen LogP contribution >= 0.6 is 23.2 Å². The van der Waals surface area contributed by atoms with Crippen molar-refractivity contribution in [1.82, 2.24) is 14.5 Å². The Hall–Kier alpha value is -3.42. The minimum absolute atomic E-state index is 0.175. The highest BCUT2D eigenvalue weighted by Gasteiger charge is 2.21. The number of carbonyl (C=O) groups is 1. The largest absolute Gasteiger partial charge is 0.375 e. The summed E-state index contributed by atoms with van der Waals surface area (Å²) < 4.78 is 1.50. The van der Waals surface area contributed by atoms with Crippen LogP contribution < -0.4 is 16.6 Å². The van der Waals surface area contributed by atoms with Crippen molar-refractivity contribution >= 4 is 45.7 Å². The summed E-state index contributed by atoms with van der Waals surface area (Å²) >= 11 is 12.3. The van der Waals surface area contributed by atoms with Crippen LogP contribution in [0.25, 0.3) is 16.6 Å². The number of nitrogens with zero attached hydrogens (tertiary/aromatic N) is 3. The van der Waals surface area contributed by atoms with Crippen molar-refractivity contribution in [1.29, 1.82) is 0 Å². The summed E-state index contributed by atoms with van der Waals surface area (Å²) in [6.07, 6.45) is 1.30. The molecule has 0 aliphatic rings. The van der Waals surface area contributed by atoms with Gasteiger partial charge in [-0.3, -0.25) is 14.2 Å². The van der Waals surface area contributed by atoms with Crippen molar-refractivity contribution in [2.45, 2.75) is 13.0 Å². The second-order valence-electron chi connectivity index (χ2n) is 6.86. The number of hydrogen-bond acceptors (Lipinski definition) is 5. The fourth-order valence-corrected chi connectivity index (χ4v) is 3.78.